The van der Waals surface area contributed by atoms with Crippen LogP contribution in [0.15, 0.2) is 24.5 Å². The number of hydrogen-bond donors (Lipinski definition) is 0. The van der Waals surface area contributed by atoms with Gasteiger partial charge in [-0.2, -0.15) is 0 Å². The summed E-state index contributed by atoms with van der Waals surface area (Å²) in [4.78, 5) is 3.94. The molecule has 3 nitrogen and oxygen atoms in total. The lowest BCUT2D eigenvalue weighted by Gasteiger charge is -2.32. The molecule has 0 radical (unpaired) electrons. The van der Waals surface area contributed by atoms with E-state index in [0.29, 0.717) is 0 Å². The predicted octanol–water partition coefficient (Wildman–Crippen LogP) is 2.06. The summed E-state index contributed by atoms with van der Waals surface area (Å²) in [5.41, 5.74) is 0.254. The van der Waals surface area contributed by atoms with Crippen molar-refractivity contribution in [2.24, 2.45) is 0 Å². The molecule has 1 aliphatic heterocycles. The molecule has 4 heteroatoms. The Kier molecular flexibility index (Phi) is 2.99. The number of rotatable bonds is 0. The van der Waals surface area contributed by atoms with Gasteiger partial charge in [0, 0.05) is 18.0 Å². The maximum atomic E-state index is 5.77. The van der Waals surface area contributed by atoms with Crippen LogP contribution in [0.5, 0.6) is 0 Å². The quantitative estimate of drug-likeness (QED) is 0.504. The zero-order valence-corrected chi connectivity index (χ0v) is 10.7. The van der Waals surface area contributed by atoms with Gasteiger partial charge < -0.3 is 9.31 Å². The fourth-order valence-corrected chi connectivity index (χ4v) is 1.48. The molecule has 0 amide bonds. The van der Waals surface area contributed by atoms with E-state index in [-0.39, 0.29) is 11.2 Å². The maximum Gasteiger partial charge on any atom is 0.551 e. The van der Waals surface area contributed by atoms with Crippen LogP contribution < -0.4 is 0 Å². The van der Waals surface area contributed by atoms with E-state index in [1.165, 1.54) is 0 Å². The van der Waals surface area contributed by atoms with Crippen molar-refractivity contribution in [3.63, 3.8) is 0 Å². The van der Waals surface area contributed by atoms with Crippen molar-refractivity contribution in [2.75, 3.05) is 0 Å². The molecule has 0 aromatic carbocycles. The van der Waals surface area contributed by atoms with E-state index < -0.39 is 7.12 Å². The van der Waals surface area contributed by atoms with Crippen molar-refractivity contribution in [3.8, 4) is 11.7 Å². The first-order chi connectivity index (χ1) is 7.91. The Hall–Kier alpha value is -1.31. The van der Waals surface area contributed by atoms with Gasteiger partial charge in [-0.3, -0.25) is 4.98 Å². The van der Waals surface area contributed by atoms with Gasteiger partial charge in [0.1, 0.15) is 0 Å². The zero-order chi connectivity index (χ0) is 12.5. The van der Waals surface area contributed by atoms with Gasteiger partial charge in [-0.15, -0.1) is 0 Å². The highest BCUT2D eigenvalue weighted by molar-refractivity contribution is 6.55. The highest BCUT2D eigenvalue weighted by Crippen LogP contribution is 2.36. The first kappa shape index (κ1) is 12.2. The van der Waals surface area contributed by atoms with Crippen LogP contribution in [-0.4, -0.2) is 23.3 Å². The van der Waals surface area contributed by atoms with Crippen molar-refractivity contribution >= 4 is 7.12 Å². The molecule has 2 rings (SSSR count). The van der Waals surface area contributed by atoms with Crippen LogP contribution >= 0.6 is 0 Å². The summed E-state index contributed by atoms with van der Waals surface area (Å²) >= 11 is 0. The molecular formula is C13H16BNO2. The molecule has 0 bridgehead atoms. The SMILES string of the molecule is CC1(C)OB(C#Cc2ccncc2)OC1(C)C. The largest absolute Gasteiger partial charge is 0.551 e. The molecule has 2 heterocycles. The van der Waals surface area contributed by atoms with E-state index >= 15 is 0 Å². The van der Waals surface area contributed by atoms with Crippen LogP contribution in [0.4, 0.5) is 0 Å². The Labute approximate surface area is 103 Å². The lowest BCUT2D eigenvalue weighted by molar-refractivity contribution is 0.00578. The number of pyridine rings is 1. The van der Waals surface area contributed by atoms with Gasteiger partial charge in [-0.05, 0) is 39.8 Å². The Morgan fingerprint density at radius 1 is 1.06 bits per heavy atom. The number of nitrogens with zero attached hydrogens (tertiary/aromatic N) is 1. The van der Waals surface area contributed by atoms with E-state index in [0.717, 1.165) is 5.56 Å². The topological polar surface area (TPSA) is 31.4 Å². The minimum atomic E-state index is -0.465. The monoisotopic (exact) mass is 229 g/mol. The van der Waals surface area contributed by atoms with Gasteiger partial charge in [0.2, 0.25) is 0 Å². The molecule has 1 aromatic heterocycles. The third kappa shape index (κ3) is 2.51. The molecular weight excluding hydrogens is 213 g/mol. The van der Waals surface area contributed by atoms with Gasteiger partial charge >= 0.3 is 7.12 Å². The summed E-state index contributed by atoms with van der Waals surface area (Å²) in [6.07, 6.45) is 3.43. The normalized spacial score (nSPS) is 20.8. The minimum absolute atomic E-state index is 0.329. The Morgan fingerprint density at radius 3 is 2.12 bits per heavy atom. The second-order valence-corrected chi connectivity index (χ2v) is 5.09. The number of hydrogen-bond acceptors (Lipinski definition) is 3. The average Bonchev–Trinajstić information content (AvgIpc) is 2.46. The molecule has 0 unspecified atom stereocenters. The van der Waals surface area contributed by atoms with Crippen molar-refractivity contribution < 1.29 is 9.31 Å². The zero-order valence-electron chi connectivity index (χ0n) is 10.7. The maximum absolute atomic E-state index is 5.77. The Balaban J connectivity index is 2.11. The highest BCUT2D eigenvalue weighted by Gasteiger charge is 2.50. The van der Waals surface area contributed by atoms with Gasteiger partial charge in [0.05, 0.1) is 11.2 Å². The minimum Gasteiger partial charge on any atom is -0.392 e. The van der Waals surface area contributed by atoms with E-state index in [1.807, 2.05) is 39.8 Å². The highest BCUT2D eigenvalue weighted by atomic mass is 16.7. The third-order valence-corrected chi connectivity index (χ3v) is 3.27. The van der Waals surface area contributed by atoms with Crippen LogP contribution in [0.25, 0.3) is 0 Å². The first-order valence-electron chi connectivity index (χ1n) is 5.68. The summed E-state index contributed by atoms with van der Waals surface area (Å²) in [5.74, 6) is 6.01. The fourth-order valence-electron chi connectivity index (χ4n) is 1.48. The molecule has 0 spiro atoms. The van der Waals surface area contributed by atoms with Crippen molar-refractivity contribution in [1.29, 1.82) is 0 Å². The van der Waals surface area contributed by atoms with Crippen LogP contribution in [0.3, 0.4) is 0 Å². The lowest BCUT2D eigenvalue weighted by Crippen LogP contribution is -2.41. The summed E-state index contributed by atoms with van der Waals surface area (Å²) in [7, 11) is -0.465. The second-order valence-electron chi connectivity index (χ2n) is 5.09. The summed E-state index contributed by atoms with van der Waals surface area (Å²) < 4.78 is 11.5. The summed E-state index contributed by atoms with van der Waals surface area (Å²) in [6, 6.07) is 3.72. The fraction of sp³-hybridized carbons (Fsp3) is 0.462. The van der Waals surface area contributed by atoms with Crippen LogP contribution in [0, 0.1) is 11.7 Å². The van der Waals surface area contributed by atoms with Gasteiger partial charge in [0.15, 0.2) is 0 Å². The van der Waals surface area contributed by atoms with Crippen molar-refractivity contribution in [2.45, 2.75) is 38.9 Å². The lowest BCUT2D eigenvalue weighted by atomic mass is 9.90. The molecule has 0 atom stereocenters. The molecule has 1 aromatic rings. The van der Waals surface area contributed by atoms with Crippen molar-refractivity contribution in [3.05, 3.63) is 30.1 Å². The summed E-state index contributed by atoms with van der Waals surface area (Å²) in [5, 5.41) is 0. The molecule has 0 N–H and O–H groups in total. The second kappa shape index (κ2) is 4.17. The van der Waals surface area contributed by atoms with E-state index in [9.17, 15) is 0 Å². The average molecular weight is 229 g/mol. The van der Waals surface area contributed by atoms with Crippen molar-refractivity contribution in [1.82, 2.24) is 4.98 Å². The Morgan fingerprint density at radius 2 is 1.59 bits per heavy atom. The number of aromatic nitrogens is 1. The smallest absolute Gasteiger partial charge is 0.392 e. The molecule has 88 valence electrons. The standard InChI is InChI=1S/C13H16BNO2/c1-12(2)13(3,4)17-14(16-12)8-5-11-6-9-15-10-7-11/h6-7,9-10H,1-4H3. The first-order valence-corrected chi connectivity index (χ1v) is 5.68. The Bertz CT molecular complexity index is 443. The van der Waals surface area contributed by atoms with Gasteiger partial charge in [0.25, 0.3) is 0 Å². The van der Waals surface area contributed by atoms with Crippen LogP contribution in [0.1, 0.15) is 33.3 Å². The molecule has 0 aliphatic carbocycles. The molecule has 0 saturated carbocycles. The van der Waals surface area contributed by atoms with Gasteiger partial charge in [-0.25, -0.2) is 0 Å². The molecule has 1 saturated heterocycles. The van der Waals surface area contributed by atoms with Crippen LogP contribution in [-0.2, 0) is 9.31 Å². The van der Waals surface area contributed by atoms with E-state index in [1.54, 1.807) is 12.4 Å². The van der Waals surface area contributed by atoms with E-state index in [4.69, 9.17) is 9.31 Å². The van der Waals surface area contributed by atoms with Crippen LogP contribution in [0.2, 0.25) is 0 Å². The molecule has 1 fully saturated rings. The third-order valence-electron chi connectivity index (χ3n) is 3.27. The summed E-state index contributed by atoms with van der Waals surface area (Å²) in [6.45, 7) is 8.06. The molecule has 17 heavy (non-hydrogen) atoms. The predicted molar refractivity (Wildman–Crippen MR) is 67.2 cm³/mol. The van der Waals surface area contributed by atoms with Gasteiger partial charge in [-0.1, -0.05) is 11.7 Å². The van der Waals surface area contributed by atoms with E-state index in [2.05, 4.69) is 16.7 Å². The molecule has 1 aliphatic rings.